The van der Waals surface area contributed by atoms with Crippen LogP contribution in [0.5, 0.6) is 0 Å². The first-order chi connectivity index (χ1) is 12.6. The third-order valence-corrected chi connectivity index (χ3v) is 4.27. The largest absolute Gasteiger partial charge is 0.212 e. The molecule has 128 valence electrons. The highest BCUT2D eigenvalue weighted by Crippen LogP contribution is 2.28. The first-order valence-electron chi connectivity index (χ1n) is 9.78. The van der Waals surface area contributed by atoms with Crippen molar-refractivity contribution in [3.8, 4) is 22.4 Å². The normalized spacial score (nSPS) is 13.3. The maximum Gasteiger partial charge on any atom is 0.212 e. The lowest BCUT2D eigenvalue weighted by atomic mass is 9.88. The van der Waals surface area contributed by atoms with E-state index in [9.17, 15) is 0 Å². The molecule has 0 spiro atoms. The van der Waals surface area contributed by atoms with E-state index in [0.29, 0.717) is 5.56 Å². The molecule has 1 aromatic heterocycles. The Hall–Kier alpha value is -2.41. The number of aryl methyl sites for hydroxylation is 2. The Labute approximate surface area is 154 Å². The average Bonchev–Trinajstić information content (AvgIpc) is 2.62. The number of benzene rings is 2. The SMILES string of the molecule is [2H]C([2H])(c1ccc(-c2cc(-c3ccccc3)ccc2C)[n+](C)c1)C(C)(C)C. The van der Waals surface area contributed by atoms with Gasteiger partial charge >= 0.3 is 0 Å². The Morgan fingerprint density at radius 2 is 1.64 bits per heavy atom. The summed E-state index contributed by atoms with van der Waals surface area (Å²) in [6, 6.07) is 20.9. The van der Waals surface area contributed by atoms with Crippen LogP contribution in [0.3, 0.4) is 0 Å². The summed E-state index contributed by atoms with van der Waals surface area (Å²) >= 11 is 0. The van der Waals surface area contributed by atoms with Crippen LogP contribution in [0, 0.1) is 12.3 Å². The predicted octanol–water partition coefficient (Wildman–Crippen LogP) is 5.74. The summed E-state index contributed by atoms with van der Waals surface area (Å²) < 4.78 is 19.1. The first kappa shape index (κ1) is 14.9. The standard InChI is InChI=1S/C24H28N/c1-18-11-13-21(20-9-7-6-8-10-20)15-22(18)23-14-12-19(17-25(23)5)16-24(2,3)4/h6-15,17H,16H2,1-5H3/q+1/i16D2. The molecule has 0 N–H and O–H groups in total. The Kier molecular flexibility index (Phi) is 4.07. The van der Waals surface area contributed by atoms with Crippen LogP contribution in [0.2, 0.25) is 0 Å². The molecule has 1 heteroatoms. The molecule has 3 rings (SSSR count). The molecule has 0 aliphatic rings. The highest BCUT2D eigenvalue weighted by Gasteiger charge is 2.17. The molecule has 0 atom stereocenters. The van der Waals surface area contributed by atoms with Gasteiger partial charge in [-0.15, -0.1) is 0 Å². The number of rotatable bonds is 3. The van der Waals surface area contributed by atoms with Crippen LogP contribution in [-0.4, -0.2) is 0 Å². The molecule has 0 unspecified atom stereocenters. The monoisotopic (exact) mass is 332 g/mol. The molecule has 3 aromatic rings. The fourth-order valence-corrected chi connectivity index (χ4v) is 3.10. The van der Waals surface area contributed by atoms with Crippen molar-refractivity contribution in [3.63, 3.8) is 0 Å². The van der Waals surface area contributed by atoms with E-state index in [1.807, 2.05) is 56.8 Å². The molecule has 25 heavy (non-hydrogen) atoms. The Morgan fingerprint density at radius 3 is 2.28 bits per heavy atom. The number of aromatic nitrogens is 1. The van der Waals surface area contributed by atoms with E-state index in [2.05, 4.69) is 49.4 Å². The minimum atomic E-state index is -1.40. The van der Waals surface area contributed by atoms with Crippen molar-refractivity contribution in [2.45, 2.75) is 34.1 Å². The molecule has 0 radical (unpaired) electrons. The summed E-state index contributed by atoms with van der Waals surface area (Å²) in [5.41, 5.74) is 6.08. The van der Waals surface area contributed by atoms with Gasteiger partial charge in [0.05, 0.1) is 0 Å². The van der Waals surface area contributed by atoms with E-state index >= 15 is 0 Å². The van der Waals surface area contributed by atoms with Crippen molar-refractivity contribution in [3.05, 3.63) is 78.0 Å². The van der Waals surface area contributed by atoms with Crippen LogP contribution < -0.4 is 4.57 Å². The lowest BCUT2D eigenvalue weighted by Crippen LogP contribution is -2.32. The van der Waals surface area contributed by atoms with Gasteiger partial charge < -0.3 is 0 Å². The number of nitrogens with zero attached hydrogens (tertiary/aromatic N) is 1. The van der Waals surface area contributed by atoms with Crippen LogP contribution in [-0.2, 0) is 13.4 Å². The van der Waals surface area contributed by atoms with Crippen molar-refractivity contribution in [2.24, 2.45) is 12.5 Å². The Bertz CT molecular complexity index is 954. The van der Waals surface area contributed by atoms with Crippen molar-refractivity contribution >= 4 is 0 Å². The number of hydrogen-bond donors (Lipinski definition) is 0. The van der Waals surface area contributed by atoms with Gasteiger partial charge in [-0.1, -0.05) is 63.2 Å². The molecular weight excluding hydrogens is 302 g/mol. The van der Waals surface area contributed by atoms with Crippen LogP contribution >= 0.6 is 0 Å². The highest BCUT2D eigenvalue weighted by molar-refractivity contribution is 5.72. The lowest BCUT2D eigenvalue weighted by Gasteiger charge is -2.17. The number of pyridine rings is 1. The smallest absolute Gasteiger partial charge is 0.201 e. The van der Waals surface area contributed by atoms with E-state index in [1.54, 1.807) is 0 Å². The van der Waals surface area contributed by atoms with Gasteiger partial charge in [0, 0.05) is 19.9 Å². The van der Waals surface area contributed by atoms with Gasteiger partial charge in [-0.2, -0.15) is 0 Å². The summed E-state index contributed by atoms with van der Waals surface area (Å²) in [7, 11) is 1.99. The molecule has 0 aliphatic heterocycles. The minimum absolute atomic E-state index is 0.468. The molecule has 2 aromatic carbocycles. The fourth-order valence-electron chi connectivity index (χ4n) is 3.10. The number of hydrogen-bond acceptors (Lipinski definition) is 0. The summed E-state index contributed by atoms with van der Waals surface area (Å²) in [6.07, 6.45) is 0.527. The second-order valence-electron chi connectivity index (χ2n) is 7.68. The minimum Gasteiger partial charge on any atom is -0.201 e. The molecule has 0 saturated carbocycles. The Morgan fingerprint density at radius 1 is 0.920 bits per heavy atom. The Balaban J connectivity index is 2.08. The van der Waals surface area contributed by atoms with E-state index in [0.717, 1.165) is 5.69 Å². The molecule has 0 amide bonds. The first-order valence-corrected chi connectivity index (χ1v) is 8.78. The van der Waals surface area contributed by atoms with Gasteiger partial charge in [0.15, 0.2) is 6.20 Å². The molecule has 0 bridgehead atoms. The van der Waals surface area contributed by atoms with Gasteiger partial charge in [0.1, 0.15) is 7.05 Å². The summed E-state index contributed by atoms with van der Waals surface area (Å²) in [5, 5.41) is 0. The van der Waals surface area contributed by atoms with Gasteiger partial charge in [-0.3, -0.25) is 0 Å². The maximum absolute atomic E-state index is 8.53. The summed E-state index contributed by atoms with van der Waals surface area (Å²) in [4.78, 5) is 0. The molecule has 0 saturated heterocycles. The third-order valence-electron chi connectivity index (χ3n) is 4.27. The molecule has 1 nitrogen and oxygen atoms in total. The summed E-state index contributed by atoms with van der Waals surface area (Å²) in [6.45, 7) is 7.93. The second-order valence-corrected chi connectivity index (χ2v) is 7.68. The van der Waals surface area contributed by atoms with Crippen LogP contribution in [0.25, 0.3) is 22.4 Å². The summed E-state index contributed by atoms with van der Waals surface area (Å²) in [5.74, 6) is 0. The highest BCUT2D eigenvalue weighted by atomic mass is 14.9. The lowest BCUT2D eigenvalue weighted by molar-refractivity contribution is -0.660. The average molecular weight is 333 g/mol. The molecular formula is C24H28N+. The maximum atomic E-state index is 8.53. The van der Waals surface area contributed by atoms with E-state index in [1.165, 1.54) is 22.3 Å². The van der Waals surface area contributed by atoms with Crippen molar-refractivity contribution in [2.75, 3.05) is 0 Å². The third kappa shape index (κ3) is 4.17. The van der Waals surface area contributed by atoms with E-state index in [-0.39, 0.29) is 0 Å². The quantitative estimate of drug-likeness (QED) is 0.538. The predicted molar refractivity (Wildman–Crippen MR) is 106 cm³/mol. The zero-order chi connectivity index (χ0) is 19.8. The van der Waals surface area contributed by atoms with Crippen LogP contribution in [0.15, 0.2) is 66.9 Å². The van der Waals surface area contributed by atoms with Gasteiger partial charge in [0.25, 0.3) is 0 Å². The second kappa shape index (κ2) is 6.84. The van der Waals surface area contributed by atoms with Crippen molar-refractivity contribution in [1.82, 2.24) is 0 Å². The van der Waals surface area contributed by atoms with Crippen LogP contribution in [0.4, 0.5) is 0 Å². The topological polar surface area (TPSA) is 3.88 Å². The molecule has 0 fully saturated rings. The van der Waals surface area contributed by atoms with E-state index < -0.39 is 11.8 Å². The van der Waals surface area contributed by atoms with Crippen LogP contribution in [0.1, 0.15) is 34.6 Å². The molecule has 1 heterocycles. The van der Waals surface area contributed by atoms with Gasteiger partial charge in [-0.25, -0.2) is 4.57 Å². The van der Waals surface area contributed by atoms with Gasteiger partial charge in [-0.05, 0) is 47.5 Å². The van der Waals surface area contributed by atoms with E-state index in [4.69, 9.17) is 2.74 Å². The van der Waals surface area contributed by atoms with Crippen molar-refractivity contribution < 1.29 is 7.31 Å². The zero-order valence-electron chi connectivity index (χ0n) is 17.8. The zero-order valence-corrected chi connectivity index (χ0v) is 15.8. The molecule has 0 aliphatic carbocycles. The van der Waals surface area contributed by atoms with Gasteiger partial charge in [0.2, 0.25) is 5.69 Å². The van der Waals surface area contributed by atoms with Crippen molar-refractivity contribution in [1.29, 1.82) is 0 Å². The fraction of sp³-hybridized carbons (Fsp3) is 0.292.